The second-order valence-corrected chi connectivity index (χ2v) is 13.6. The molecule has 206 valence electrons. The standard InChI is InChI=1S/C28H36ClN3O5S/c1-17-16-21-23(19-8-10-20(29)11-9-19)22(26(27(33)34)37-28(3,4)5)18(2)24-25(21)31(17)12-13-32(24)38(35,36)15-14-30(6)7/h8-11,16,26H,12-15H2,1-7H3,(H,33,34). The van der Waals surface area contributed by atoms with Crippen molar-refractivity contribution in [2.24, 2.45) is 0 Å². The first-order valence-corrected chi connectivity index (χ1v) is 14.6. The highest BCUT2D eigenvalue weighted by molar-refractivity contribution is 7.92. The van der Waals surface area contributed by atoms with E-state index in [0.717, 1.165) is 22.2 Å². The number of aryl methyl sites for hydroxylation is 1. The average Bonchev–Trinajstić information content (AvgIpc) is 3.15. The summed E-state index contributed by atoms with van der Waals surface area (Å²) in [6.45, 7) is 10.4. The van der Waals surface area contributed by atoms with Gasteiger partial charge >= 0.3 is 5.97 Å². The fourth-order valence-electron chi connectivity index (χ4n) is 5.18. The lowest BCUT2D eigenvalue weighted by Gasteiger charge is -2.35. The third-order valence-corrected chi connectivity index (χ3v) is 8.81. The van der Waals surface area contributed by atoms with Gasteiger partial charge in [-0.3, -0.25) is 4.31 Å². The number of aromatic nitrogens is 1. The van der Waals surface area contributed by atoms with E-state index in [9.17, 15) is 18.3 Å². The summed E-state index contributed by atoms with van der Waals surface area (Å²) >= 11 is 6.20. The van der Waals surface area contributed by atoms with Crippen molar-refractivity contribution in [1.29, 1.82) is 0 Å². The Hall–Kier alpha value is -2.59. The van der Waals surface area contributed by atoms with Crippen molar-refractivity contribution in [2.75, 3.05) is 37.2 Å². The third kappa shape index (κ3) is 5.30. The Morgan fingerprint density at radius 1 is 1.16 bits per heavy atom. The van der Waals surface area contributed by atoms with E-state index in [4.69, 9.17) is 16.3 Å². The fraction of sp³-hybridized carbons (Fsp3) is 0.464. The summed E-state index contributed by atoms with van der Waals surface area (Å²) in [6, 6.07) is 9.27. The van der Waals surface area contributed by atoms with Crippen molar-refractivity contribution >= 4 is 44.2 Å². The van der Waals surface area contributed by atoms with E-state index in [1.165, 1.54) is 4.31 Å². The second kappa shape index (κ2) is 10.2. The van der Waals surface area contributed by atoms with Crippen molar-refractivity contribution in [3.8, 4) is 11.1 Å². The number of sulfonamides is 1. The topological polar surface area (TPSA) is 92.1 Å². The van der Waals surface area contributed by atoms with Gasteiger partial charge in [-0.15, -0.1) is 0 Å². The van der Waals surface area contributed by atoms with Crippen LogP contribution in [0, 0.1) is 13.8 Å². The van der Waals surface area contributed by atoms with E-state index in [1.54, 1.807) is 39.8 Å². The molecule has 2 heterocycles. The highest BCUT2D eigenvalue weighted by atomic mass is 35.5. The molecule has 0 aliphatic carbocycles. The van der Waals surface area contributed by atoms with Crippen LogP contribution in [-0.2, 0) is 26.1 Å². The molecule has 2 aromatic carbocycles. The molecule has 1 aliphatic heterocycles. The third-order valence-electron chi connectivity index (χ3n) is 6.83. The Bertz CT molecular complexity index is 1490. The molecule has 0 radical (unpaired) electrons. The lowest BCUT2D eigenvalue weighted by molar-refractivity contribution is -0.160. The Balaban J connectivity index is 2.12. The lowest BCUT2D eigenvalue weighted by atomic mass is 9.87. The van der Waals surface area contributed by atoms with Crippen molar-refractivity contribution < 1.29 is 23.1 Å². The van der Waals surface area contributed by atoms with Gasteiger partial charge in [0, 0.05) is 34.8 Å². The molecule has 10 heteroatoms. The molecule has 1 atom stereocenters. The van der Waals surface area contributed by atoms with Crippen molar-refractivity contribution in [1.82, 2.24) is 9.47 Å². The van der Waals surface area contributed by atoms with Gasteiger partial charge in [-0.05, 0) is 83.6 Å². The number of anilines is 1. The predicted molar refractivity (Wildman–Crippen MR) is 153 cm³/mol. The maximum absolute atomic E-state index is 13.7. The number of hydrogen-bond acceptors (Lipinski definition) is 5. The average molecular weight is 562 g/mol. The molecule has 0 saturated carbocycles. The van der Waals surface area contributed by atoms with E-state index in [0.29, 0.717) is 40.5 Å². The largest absolute Gasteiger partial charge is 0.479 e. The molecule has 1 unspecified atom stereocenters. The molecule has 8 nitrogen and oxygen atoms in total. The highest BCUT2D eigenvalue weighted by Crippen LogP contribution is 2.48. The molecule has 4 rings (SSSR count). The maximum atomic E-state index is 13.7. The van der Waals surface area contributed by atoms with Gasteiger partial charge in [-0.25, -0.2) is 13.2 Å². The quantitative estimate of drug-likeness (QED) is 0.405. The van der Waals surface area contributed by atoms with E-state index in [-0.39, 0.29) is 12.3 Å². The number of ether oxygens (including phenoxy) is 1. The van der Waals surface area contributed by atoms with E-state index in [2.05, 4.69) is 4.57 Å². The predicted octanol–water partition coefficient (Wildman–Crippen LogP) is 5.23. The molecule has 0 fully saturated rings. The van der Waals surface area contributed by atoms with Crippen LogP contribution in [0.1, 0.15) is 43.7 Å². The SMILES string of the molecule is Cc1c(C(OC(C)(C)C)C(=O)O)c(-c2ccc(Cl)cc2)c2cc(C)n3c2c1N(S(=O)(=O)CCN(C)C)CC3. The van der Waals surface area contributed by atoms with Crippen molar-refractivity contribution in [3.05, 3.63) is 52.2 Å². The van der Waals surface area contributed by atoms with Gasteiger partial charge in [-0.1, -0.05) is 23.7 Å². The van der Waals surface area contributed by atoms with Gasteiger partial charge in [0.1, 0.15) is 0 Å². The summed E-state index contributed by atoms with van der Waals surface area (Å²) < 4.78 is 37.1. The highest BCUT2D eigenvalue weighted by Gasteiger charge is 2.38. The molecule has 0 saturated heterocycles. The number of carboxylic acids is 1. The monoisotopic (exact) mass is 561 g/mol. The molecule has 38 heavy (non-hydrogen) atoms. The van der Waals surface area contributed by atoms with Gasteiger partial charge < -0.3 is 19.3 Å². The Morgan fingerprint density at radius 3 is 2.34 bits per heavy atom. The van der Waals surface area contributed by atoms with E-state index < -0.39 is 27.7 Å². The molecular weight excluding hydrogens is 526 g/mol. The Labute approximate surface area is 229 Å². The molecule has 1 aliphatic rings. The van der Waals surface area contributed by atoms with Crippen molar-refractivity contribution in [2.45, 2.75) is 52.9 Å². The van der Waals surface area contributed by atoms with Crippen LogP contribution in [0.2, 0.25) is 5.02 Å². The van der Waals surface area contributed by atoms with Crippen LogP contribution in [0.15, 0.2) is 30.3 Å². The van der Waals surface area contributed by atoms with E-state index in [1.807, 2.05) is 44.1 Å². The first kappa shape index (κ1) is 28.4. The minimum absolute atomic E-state index is 0.0459. The van der Waals surface area contributed by atoms with Crippen LogP contribution in [0.5, 0.6) is 0 Å². The Kier molecular flexibility index (Phi) is 7.62. The normalized spacial score (nSPS) is 14.9. The number of nitrogens with zero attached hydrogens (tertiary/aromatic N) is 3. The molecule has 3 aromatic rings. The summed E-state index contributed by atoms with van der Waals surface area (Å²) in [5.74, 6) is -1.19. The van der Waals surface area contributed by atoms with Crippen LogP contribution in [-0.4, -0.2) is 67.5 Å². The minimum atomic E-state index is -3.69. The maximum Gasteiger partial charge on any atom is 0.337 e. The summed E-state index contributed by atoms with van der Waals surface area (Å²) in [5, 5.41) is 11.8. The summed E-state index contributed by atoms with van der Waals surface area (Å²) in [7, 11) is -0.0144. The molecule has 1 N–H and O–H groups in total. The molecule has 0 amide bonds. The van der Waals surface area contributed by atoms with Crippen LogP contribution in [0.4, 0.5) is 5.69 Å². The van der Waals surface area contributed by atoms with Gasteiger partial charge in [0.2, 0.25) is 10.0 Å². The molecule has 0 bridgehead atoms. The van der Waals surface area contributed by atoms with Gasteiger partial charge in [0.25, 0.3) is 0 Å². The first-order valence-electron chi connectivity index (χ1n) is 12.6. The van der Waals surface area contributed by atoms with Gasteiger partial charge in [0.15, 0.2) is 6.10 Å². The van der Waals surface area contributed by atoms with E-state index >= 15 is 0 Å². The number of carboxylic acid groups (broad SMARTS) is 1. The van der Waals surface area contributed by atoms with Gasteiger partial charge in [-0.2, -0.15) is 0 Å². The number of halogens is 1. The van der Waals surface area contributed by atoms with Gasteiger partial charge in [0.05, 0.1) is 29.1 Å². The number of aliphatic carboxylic acids is 1. The summed E-state index contributed by atoms with van der Waals surface area (Å²) in [6.07, 6.45) is -1.32. The smallest absolute Gasteiger partial charge is 0.337 e. The first-order chi connectivity index (χ1) is 17.6. The van der Waals surface area contributed by atoms with Crippen LogP contribution < -0.4 is 4.31 Å². The number of benzene rings is 2. The van der Waals surface area contributed by atoms with Crippen LogP contribution in [0.25, 0.3) is 22.0 Å². The summed E-state index contributed by atoms with van der Waals surface area (Å²) in [4.78, 5) is 14.6. The molecule has 0 spiro atoms. The minimum Gasteiger partial charge on any atom is -0.479 e. The van der Waals surface area contributed by atoms with Crippen LogP contribution >= 0.6 is 11.6 Å². The van der Waals surface area contributed by atoms with Crippen molar-refractivity contribution in [3.63, 3.8) is 0 Å². The lowest BCUT2D eigenvalue weighted by Crippen LogP contribution is -2.41. The zero-order chi connectivity index (χ0) is 28.2. The second-order valence-electron chi connectivity index (χ2n) is 11.1. The zero-order valence-electron chi connectivity index (χ0n) is 23.0. The Morgan fingerprint density at radius 2 is 1.79 bits per heavy atom. The number of carbonyl (C=O) groups is 1. The number of rotatable bonds is 8. The molecular formula is C28H36ClN3O5S. The summed E-state index contributed by atoms with van der Waals surface area (Å²) in [5.41, 5.74) is 4.04. The molecule has 1 aromatic heterocycles. The van der Waals surface area contributed by atoms with Crippen LogP contribution in [0.3, 0.4) is 0 Å². The zero-order valence-corrected chi connectivity index (χ0v) is 24.6. The number of hydrogen-bond donors (Lipinski definition) is 1. The fourth-order valence-corrected chi connectivity index (χ4v) is 6.99.